The van der Waals surface area contributed by atoms with Crippen LogP contribution in [0.25, 0.3) is 0 Å². The number of nitrogens with two attached hydrogens (primary N) is 2. The number of ether oxygens (including phenoxy) is 1. The fraction of sp³-hybridized carbons (Fsp3) is 0.267. The summed E-state index contributed by atoms with van der Waals surface area (Å²) in [5.41, 5.74) is 9.96. The third-order valence-electron chi connectivity index (χ3n) is 2.98. The molecular weight excluding hydrogens is 324 g/mol. The molecule has 0 saturated heterocycles. The lowest BCUT2D eigenvalue weighted by Gasteiger charge is -2.11. The van der Waals surface area contributed by atoms with Crippen molar-refractivity contribution in [3.05, 3.63) is 46.7 Å². The first-order valence-corrected chi connectivity index (χ1v) is 6.79. The number of aliphatic hydroxyl groups excluding tert-OH is 1. The summed E-state index contributed by atoms with van der Waals surface area (Å²) in [5.74, 6) is -4.54. The van der Waals surface area contributed by atoms with Gasteiger partial charge in [-0.3, -0.25) is 9.79 Å². The summed E-state index contributed by atoms with van der Waals surface area (Å²) >= 11 is 0. The van der Waals surface area contributed by atoms with Crippen molar-refractivity contribution >= 4 is 17.6 Å². The third kappa shape index (κ3) is 4.59. The van der Waals surface area contributed by atoms with E-state index in [1.54, 1.807) is 0 Å². The van der Waals surface area contributed by atoms with Crippen LogP contribution in [0.1, 0.15) is 16.8 Å². The topological polar surface area (TPSA) is 128 Å². The number of ketones is 1. The minimum Gasteiger partial charge on any atom is -0.454 e. The summed E-state index contributed by atoms with van der Waals surface area (Å²) in [7, 11) is 1.30. The van der Waals surface area contributed by atoms with E-state index in [0.717, 1.165) is 18.2 Å². The highest BCUT2D eigenvalue weighted by atomic mass is 19.1. The molecule has 0 radical (unpaired) electrons. The number of esters is 1. The number of halogens is 2. The Morgan fingerprint density at radius 2 is 1.83 bits per heavy atom. The summed E-state index contributed by atoms with van der Waals surface area (Å²) in [6.45, 7) is -1.26. The first kappa shape index (κ1) is 19.2. The predicted molar refractivity (Wildman–Crippen MR) is 82.1 cm³/mol. The zero-order valence-corrected chi connectivity index (χ0v) is 12.9. The van der Waals surface area contributed by atoms with Crippen LogP contribution in [0.15, 0.2) is 34.5 Å². The van der Waals surface area contributed by atoms with Gasteiger partial charge in [-0.2, -0.15) is 0 Å². The zero-order chi connectivity index (χ0) is 18.3. The molecule has 9 heteroatoms. The van der Waals surface area contributed by atoms with Gasteiger partial charge in [0, 0.05) is 25.8 Å². The standard InChI is InChI=1S/C15H17F2N3O4/c1-20-14(19)13(10(18)5-6-21)15(23)24-7-11(22)12-8(16)3-2-4-9(12)17/h2-4,21H,5-7,18H2,1H3,(H2,19,20)/b13-10+. The molecule has 1 rings (SSSR count). The van der Waals surface area contributed by atoms with Crippen LogP contribution in [0.3, 0.4) is 0 Å². The van der Waals surface area contributed by atoms with Gasteiger partial charge in [-0.1, -0.05) is 6.07 Å². The quantitative estimate of drug-likeness (QED) is 0.215. The summed E-state index contributed by atoms with van der Waals surface area (Å²) in [6.07, 6.45) is -0.0729. The fourth-order valence-corrected chi connectivity index (χ4v) is 1.80. The van der Waals surface area contributed by atoms with E-state index in [1.165, 1.54) is 7.05 Å². The molecule has 130 valence electrons. The van der Waals surface area contributed by atoms with E-state index >= 15 is 0 Å². The molecule has 0 aliphatic carbocycles. The summed E-state index contributed by atoms with van der Waals surface area (Å²) in [6, 6.07) is 2.91. The molecule has 0 saturated carbocycles. The molecule has 1 aromatic carbocycles. The largest absolute Gasteiger partial charge is 0.454 e. The number of carbonyl (C=O) groups is 2. The van der Waals surface area contributed by atoms with Gasteiger partial charge in [-0.15, -0.1) is 0 Å². The Morgan fingerprint density at radius 3 is 2.33 bits per heavy atom. The Labute approximate surface area is 136 Å². The molecule has 0 fully saturated rings. The molecule has 0 amide bonds. The lowest BCUT2D eigenvalue weighted by Crippen LogP contribution is -2.28. The summed E-state index contributed by atoms with van der Waals surface area (Å²) in [4.78, 5) is 27.5. The van der Waals surface area contributed by atoms with Crippen molar-refractivity contribution in [3.8, 4) is 0 Å². The highest BCUT2D eigenvalue weighted by molar-refractivity contribution is 6.19. The molecule has 0 heterocycles. The van der Waals surface area contributed by atoms with Crippen molar-refractivity contribution in [2.24, 2.45) is 16.5 Å². The Morgan fingerprint density at radius 1 is 1.25 bits per heavy atom. The van der Waals surface area contributed by atoms with Gasteiger partial charge in [0.05, 0.1) is 5.56 Å². The van der Waals surface area contributed by atoms with Crippen molar-refractivity contribution in [2.45, 2.75) is 6.42 Å². The van der Waals surface area contributed by atoms with E-state index in [-0.39, 0.29) is 30.1 Å². The first-order valence-electron chi connectivity index (χ1n) is 6.79. The van der Waals surface area contributed by atoms with Crippen molar-refractivity contribution in [2.75, 3.05) is 20.3 Å². The second kappa shape index (κ2) is 8.73. The molecule has 1 aromatic rings. The van der Waals surface area contributed by atoms with Gasteiger partial charge in [0.15, 0.2) is 6.61 Å². The van der Waals surface area contributed by atoms with Crippen LogP contribution < -0.4 is 11.5 Å². The monoisotopic (exact) mass is 341 g/mol. The van der Waals surface area contributed by atoms with E-state index in [0.29, 0.717) is 0 Å². The zero-order valence-electron chi connectivity index (χ0n) is 12.9. The van der Waals surface area contributed by atoms with Crippen LogP contribution in [0.5, 0.6) is 0 Å². The number of aliphatic imine (C=N–C) groups is 1. The van der Waals surface area contributed by atoms with Crippen LogP contribution in [-0.2, 0) is 9.53 Å². The second-order valence-corrected chi connectivity index (χ2v) is 4.58. The molecule has 0 aliphatic rings. The highest BCUT2D eigenvalue weighted by Gasteiger charge is 2.23. The average Bonchev–Trinajstić information content (AvgIpc) is 2.53. The summed E-state index contributed by atoms with van der Waals surface area (Å²) < 4.78 is 31.7. The number of hydrogen-bond acceptors (Lipinski definition) is 6. The number of amidine groups is 1. The molecule has 0 atom stereocenters. The third-order valence-corrected chi connectivity index (χ3v) is 2.98. The first-order chi connectivity index (χ1) is 11.3. The van der Waals surface area contributed by atoms with Crippen molar-refractivity contribution in [1.29, 1.82) is 0 Å². The van der Waals surface area contributed by atoms with Crippen LogP contribution in [0.4, 0.5) is 8.78 Å². The minimum absolute atomic E-state index is 0.0729. The number of rotatable bonds is 7. The average molecular weight is 341 g/mol. The molecule has 0 unspecified atom stereocenters. The molecular formula is C15H17F2N3O4. The van der Waals surface area contributed by atoms with Gasteiger partial charge in [0.2, 0.25) is 5.78 Å². The molecule has 24 heavy (non-hydrogen) atoms. The number of carbonyl (C=O) groups excluding carboxylic acids is 2. The van der Waals surface area contributed by atoms with Crippen LogP contribution in [-0.4, -0.2) is 43.0 Å². The second-order valence-electron chi connectivity index (χ2n) is 4.58. The number of nitrogens with zero attached hydrogens (tertiary/aromatic N) is 1. The highest BCUT2D eigenvalue weighted by Crippen LogP contribution is 2.13. The number of aliphatic hydroxyl groups is 1. The lowest BCUT2D eigenvalue weighted by molar-refractivity contribution is -0.137. The molecule has 5 N–H and O–H groups in total. The van der Waals surface area contributed by atoms with Gasteiger partial charge in [0.25, 0.3) is 0 Å². The maximum absolute atomic E-state index is 13.5. The Balaban J connectivity index is 2.94. The van der Waals surface area contributed by atoms with Gasteiger partial charge in [-0.05, 0) is 12.1 Å². The molecule has 0 aliphatic heterocycles. The summed E-state index contributed by atoms with van der Waals surface area (Å²) in [5, 5.41) is 8.87. The van der Waals surface area contributed by atoms with E-state index in [9.17, 15) is 18.4 Å². The van der Waals surface area contributed by atoms with E-state index in [2.05, 4.69) is 4.99 Å². The molecule has 0 bridgehead atoms. The van der Waals surface area contributed by atoms with E-state index in [1.807, 2.05) is 0 Å². The van der Waals surface area contributed by atoms with Gasteiger partial charge in [0.1, 0.15) is 23.0 Å². The maximum atomic E-state index is 13.5. The van der Waals surface area contributed by atoms with Gasteiger partial charge < -0.3 is 21.3 Å². The number of benzene rings is 1. The van der Waals surface area contributed by atoms with Crippen LogP contribution in [0, 0.1) is 11.6 Å². The Bertz CT molecular complexity index is 682. The van der Waals surface area contributed by atoms with Crippen molar-refractivity contribution < 1.29 is 28.2 Å². The van der Waals surface area contributed by atoms with Gasteiger partial charge in [-0.25, -0.2) is 13.6 Å². The number of Topliss-reactive ketones (excluding diaryl/α,β-unsaturated/α-hetero) is 1. The Hall–Kier alpha value is -2.81. The molecule has 0 aromatic heterocycles. The van der Waals surface area contributed by atoms with Crippen LogP contribution in [0.2, 0.25) is 0 Å². The predicted octanol–water partition coefficient (Wildman–Crippen LogP) is 0.273. The van der Waals surface area contributed by atoms with E-state index < -0.39 is 35.6 Å². The van der Waals surface area contributed by atoms with Crippen molar-refractivity contribution in [1.82, 2.24) is 0 Å². The number of hydrogen-bond donors (Lipinski definition) is 3. The van der Waals surface area contributed by atoms with E-state index in [4.69, 9.17) is 21.3 Å². The van der Waals surface area contributed by atoms with Gasteiger partial charge >= 0.3 is 5.97 Å². The molecule has 7 nitrogen and oxygen atoms in total. The smallest absolute Gasteiger partial charge is 0.344 e. The fourth-order valence-electron chi connectivity index (χ4n) is 1.80. The maximum Gasteiger partial charge on any atom is 0.344 e. The minimum atomic E-state index is -1.09. The van der Waals surface area contributed by atoms with Crippen LogP contribution >= 0.6 is 0 Å². The SMILES string of the molecule is CN=C(N)/C(C(=O)OCC(=O)c1c(F)cccc1F)=C(\N)CCO. The lowest BCUT2D eigenvalue weighted by atomic mass is 10.1. The van der Waals surface area contributed by atoms with Crippen molar-refractivity contribution in [3.63, 3.8) is 0 Å². The Kier molecular flexibility index (Phi) is 6.99. The molecule has 0 spiro atoms. The normalized spacial score (nSPS) is 12.6.